The highest BCUT2D eigenvalue weighted by molar-refractivity contribution is 7.13. The number of hydrogen-bond acceptors (Lipinski definition) is 4. The third kappa shape index (κ3) is 2.64. The van der Waals surface area contributed by atoms with Crippen molar-refractivity contribution >= 4 is 17.2 Å². The van der Waals surface area contributed by atoms with E-state index >= 15 is 0 Å². The lowest BCUT2D eigenvalue weighted by Crippen LogP contribution is -2.41. The van der Waals surface area contributed by atoms with Crippen LogP contribution in [0, 0.1) is 0 Å². The van der Waals surface area contributed by atoms with Crippen molar-refractivity contribution in [2.75, 3.05) is 26.3 Å². The molecule has 136 valence electrons. The van der Waals surface area contributed by atoms with Crippen LogP contribution >= 0.6 is 11.3 Å². The molecule has 0 radical (unpaired) electrons. The molecule has 4 heterocycles. The summed E-state index contributed by atoms with van der Waals surface area (Å²) in [5.74, 6) is -0.0273. The van der Waals surface area contributed by atoms with E-state index in [1.165, 1.54) is 0 Å². The normalized spacial score (nSPS) is 15.5. The number of amides is 1. The van der Waals surface area contributed by atoms with Crippen LogP contribution in [-0.2, 0) is 11.3 Å². The first kappa shape index (κ1) is 16.5. The highest BCUT2D eigenvalue weighted by Gasteiger charge is 2.31. The van der Waals surface area contributed by atoms with E-state index in [1.807, 2.05) is 46.7 Å². The molecule has 3 aromatic rings. The van der Waals surface area contributed by atoms with Gasteiger partial charge in [0.1, 0.15) is 0 Å². The zero-order chi connectivity index (χ0) is 18.4. The zero-order valence-corrected chi connectivity index (χ0v) is 15.5. The Labute approximate surface area is 160 Å². The van der Waals surface area contributed by atoms with Crippen molar-refractivity contribution in [1.29, 1.82) is 0 Å². The van der Waals surface area contributed by atoms with E-state index in [2.05, 4.69) is 0 Å². The van der Waals surface area contributed by atoms with Crippen LogP contribution in [0.25, 0.3) is 21.7 Å². The van der Waals surface area contributed by atoms with E-state index in [-0.39, 0.29) is 11.5 Å². The summed E-state index contributed by atoms with van der Waals surface area (Å²) in [5, 5.41) is 2.02. The van der Waals surface area contributed by atoms with Crippen LogP contribution in [0.5, 0.6) is 0 Å². The molecule has 0 bridgehead atoms. The number of carbonyl (C=O) groups is 1. The number of aromatic nitrogens is 1. The lowest BCUT2D eigenvalue weighted by Gasteiger charge is -2.27. The van der Waals surface area contributed by atoms with Gasteiger partial charge in [0.15, 0.2) is 0 Å². The number of morpholine rings is 1. The summed E-state index contributed by atoms with van der Waals surface area (Å²) in [6, 6.07) is 13.4. The number of hydrogen-bond donors (Lipinski definition) is 0. The average molecular weight is 378 g/mol. The van der Waals surface area contributed by atoms with Gasteiger partial charge in [-0.25, -0.2) is 0 Å². The van der Waals surface area contributed by atoms with E-state index in [4.69, 9.17) is 4.74 Å². The van der Waals surface area contributed by atoms with E-state index in [1.54, 1.807) is 22.0 Å². The first-order valence-electron chi connectivity index (χ1n) is 9.01. The van der Waals surface area contributed by atoms with Gasteiger partial charge in [-0.1, -0.05) is 30.3 Å². The number of benzene rings is 1. The highest BCUT2D eigenvalue weighted by Crippen LogP contribution is 2.39. The average Bonchev–Trinajstić information content (AvgIpc) is 3.31. The molecular formula is C21H18N2O3S. The predicted molar refractivity (Wildman–Crippen MR) is 105 cm³/mol. The van der Waals surface area contributed by atoms with Crippen LogP contribution in [0.3, 0.4) is 0 Å². The maximum Gasteiger partial charge on any atom is 0.259 e. The second kappa shape index (κ2) is 6.48. The van der Waals surface area contributed by atoms with Crippen molar-refractivity contribution in [2.45, 2.75) is 6.54 Å². The minimum Gasteiger partial charge on any atom is -0.378 e. The Morgan fingerprint density at radius 2 is 1.85 bits per heavy atom. The maximum atomic E-state index is 13.3. The molecule has 1 aromatic carbocycles. The van der Waals surface area contributed by atoms with Gasteiger partial charge in [0.2, 0.25) is 0 Å². The Morgan fingerprint density at radius 3 is 2.63 bits per heavy atom. The number of nitrogens with zero attached hydrogens (tertiary/aromatic N) is 2. The van der Waals surface area contributed by atoms with Gasteiger partial charge in [-0.15, -0.1) is 11.3 Å². The molecule has 2 aliphatic rings. The molecule has 2 aromatic heterocycles. The summed E-state index contributed by atoms with van der Waals surface area (Å²) in [4.78, 5) is 29.4. The SMILES string of the molecule is O=C(c1cc(-c2ccccc2)c(=O)n2c1-c1sccc1C2)N1CCOCC1. The molecule has 1 amide bonds. The molecule has 0 N–H and O–H groups in total. The Hall–Kier alpha value is -2.70. The molecule has 0 spiro atoms. The molecule has 5 nitrogen and oxygen atoms in total. The Morgan fingerprint density at radius 1 is 1.07 bits per heavy atom. The minimum absolute atomic E-state index is 0.0273. The summed E-state index contributed by atoms with van der Waals surface area (Å²) in [5.41, 5.74) is 3.85. The van der Waals surface area contributed by atoms with Crippen LogP contribution in [0.1, 0.15) is 15.9 Å². The quantitative estimate of drug-likeness (QED) is 0.539. The standard InChI is InChI=1S/C21H18N2O3S/c24-20(22-7-9-26-10-8-22)17-12-16(14-4-2-1-3-5-14)21(25)23-13-15-6-11-27-19(15)18(17)23/h1-6,11-12H,7-10,13H2. The second-order valence-electron chi connectivity index (χ2n) is 6.76. The monoisotopic (exact) mass is 378 g/mol. The van der Waals surface area contributed by atoms with Crippen LogP contribution < -0.4 is 5.56 Å². The van der Waals surface area contributed by atoms with Gasteiger partial charge in [-0.05, 0) is 28.6 Å². The Balaban J connectivity index is 1.72. The largest absolute Gasteiger partial charge is 0.378 e. The fraction of sp³-hybridized carbons (Fsp3) is 0.238. The number of rotatable bonds is 2. The first-order chi connectivity index (χ1) is 13.2. The molecule has 5 rings (SSSR count). The lowest BCUT2D eigenvalue weighted by atomic mass is 10.0. The molecule has 1 fully saturated rings. The maximum absolute atomic E-state index is 13.3. The van der Waals surface area contributed by atoms with Crippen molar-refractivity contribution < 1.29 is 9.53 Å². The van der Waals surface area contributed by atoms with Crippen LogP contribution in [-0.4, -0.2) is 41.7 Å². The highest BCUT2D eigenvalue weighted by atomic mass is 32.1. The molecule has 0 atom stereocenters. The third-order valence-electron chi connectivity index (χ3n) is 5.19. The minimum atomic E-state index is -0.0434. The summed E-state index contributed by atoms with van der Waals surface area (Å²) in [7, 11) is 0. The molecule has 1 saturated heterocycles. The van der Waals surface area contributed by atoms with E-state index in [0.29, 0.717) is 44.0 Å². The van der Waals surface area contributed by atoms with Gasteiger partial charge in [0.25, 0.3) is 11.5 Å². The van der Waals surface area contributed by atoms with Gasteiger partial charge < -0.3 is 14.2 Å². The first-order valence-corrected chi connectivity index (χ1v) is 9.89. The topological polar surface area (TPSA) is 51.5 Å². The van der Waals surface area contributed by atoms with Gasteiger partial charge in [-0.2, -0.15) is 0 Å². The van der Waals surface area contributed by atoms with Crippen molar-refractivity contribution in [3.63, 3.8) is 0 Å². The molecule has 0 aliphatic carbocycles. The molecule has 27 heavy (non-hydrogen) atoms. The molecular weight excluding hydrogens is 360 g/mol. The van der Waals surface area contributed by atoms with Crippen LogP contribution in [0.4, 0.5) is 0 Å². The van der Waals surface area contributed by atoms with Crippen LogP contribution in [0.2, 0.25) is 0 Å². The fourth-order valence-electron chi connectivity index (χ4n) is 3.83. The Bertz CT molecular complexity index is 1080. The van der Waals surface area contributed by atoms with Crippen molar-refractivity contribution in [1.82, 2.24) is 9.47 Å². The van der Waals surface area contributed by atoms with Crippen molar-refractivity contribution in [2.24, 2.45) is 0 Å². The van der Waals surface area contributed by atoms with Gasteiger partial charge in [0, 0.05) is 18.7 Å². The predicted octanol–water partition coefficient (Wildman–Crippen LogP) is 3.08. The summed E-state index contributed by atoms with van der Waals surface area (Å²) in [6.45, 7) is 2.79. The lowest BCUT2D eigenvalue weighted by molar-refractivity contribution is 0.0303. The fourth-order valence-corrected chi connectivity index (χ4v) is 4.81. The van der Waals surface area contributed by atoms with Crippen molar-refractivity contribution in [3.05, 3.63) is 69.3 Å². The summed E-state index contributed by atoms with van der Waals surface area (Å²) >= 11 is 1.59. The van der Waals surface area contributed by atoms with E-state index in [0.717, 1.165) is 21.7 Å². The van der Waals surface area contributed by atoms with Crippen molar-refractivity contribution in [3.8, 4) is 21.7 Å². The van der Waals surface area contributed by atoms with Crippen LogP contribution in [0.15, 0.2) is 52.6 Å². The number of pyridine rings is 1. The molecule has 0 unspecified atom stereocenters. The van der Waals surface area contributed by atoms with E-state index < -0.39 is 0 Å². The third-order valence-corrected chi connectivity index (χ3v) is 6.16. The number of ether oxygens (including phenoxy) is 1. The van der Waals surface area contributed by atoms with Gasteiger partial charge in [-0.3, -0.25) is 9.59 Å². The molecule has 2 aliphatic heterocycles. The van der Waals surface area contributed by atoms with Gasteiger partial charge >= 0.3 is 0 Å². The smallest absolute Gasteiger partial charge is 0.259 e. The van der Waals surface area contributed by atoms with E-state index in [9.17, 15) is 9.59 Å². The molecule has 0 saturated carbocycles. The number of fused-ring (bicyclic) bond motifs is 3. The van der Waals surface area contributed by atoms with Gasteiger partial charge in [0.05, 0.1) is 35.9 Å². The summed E-state index contributed by atoms with van der Waals surface area (Å²) in [6.07, 6.45) is 0. The number of carbonyl (C=O) groups excluding carboxylic acids is 1. The summed E-state index contributed by atoms with van der Waals surface area (Å²) < 4.78 is 7.15. The second-order valence-corrected chi connectivity index (χ2v) is 7.67. The number of thiophene rings is 1. The zero-order valence-electron chi connectivity index (χ0n) is 14.7. The Kier molecular flexibility index (Phi) is 3.95. The molecule has 6 heteroatoms.